The Balaban J connectivity index is 1.63. The highest BCUT2D eigenvalue weighted by molar-refractivity contribution is 5.92. The second-order valence-corrected chi connectivity index (χ2v) is 7.77. The normalized spacial score (nSPS) is 12.5. The van der Waals surface area contributed by atoms with Gasteiger partial charge >= 0.3 is 5.78 Å². The van der Waals surface area contributed by atoms with E-state index in [0.717, 1.165) is 11.1 Å². The molecular weight excluding hydrogens is 422 g/mol. The fourth-order valence-electron chi connectivity index (χ4n) is 4.29. The highest BCUT2D eigenvalue weighted by atomic mass is 16.7. The molecule has 6 rings (SSSR count). The summed E-state index contributed by atoms with van der Waals surface area (Å²) in [5.74, 6) is 3.16. The van der Waals surface area contributed by atoms with Gasteiger partial charge in [0.1, 0.15) is 11.1 Å². The van der Waals surface area contributed by atoms with E-state index in [2.05, 4.69) is 15.1 Å². The molecule has 9 nitrogen and oxygen atoms in total. The first kappa shape index (κ1) is 19.3. The number of benzene rings is 2. The van der Waals surface area contributed by atoms with Crippen molar-refractivity contribution in [2.75, 3.05) is 13.9 Å². The van der Waals surface area contributed by atoms with E-state index in [9.17, 15) is 4.79 Å². The van der Waals surface area contributed by atoms with Gasteiger partial charge in [-0.1, -0.05) is 34.2 Å². The summed E-state index contributed by atoms with van der Waals surface area (Å²) in [7, 11) is 1.61. The predicted molar refractivity (Wildman–Crippen MR) is 120 cm³/mol. The van der Waals surface area contributed by atoms with Crippen molar-refractivity contribution in [2.24, 2.45) is 0 Å². The van der Waals surface area contributed by atoms with Gasteiger partial charge in [-0.3, -0.25) is 4.79 Å². The van der Waals surface area contributed by atoms with Crippen LogP contribution in [0.15, 0.2) is 59.5 Å². The second kappa shape index (κ2) is 7.33. The lowest BCUT2D eigenvalue weighted by molar-refractivity contribution is -0.567. The number of pyridine rings is 1. The summed E-state index contributed by atoms with van der Waals surface area (Å²) in [6.45, 7) is 2.35. The van der Waals surface area contributed by atoms with Gasteiger partial charge in [-0.25, -0.2) is 5.10 Å². The summed E-state index contributed by atoms with van der Waals surface area (Å²) < 4.78 is 20.1. The lowest BCUT2D eigenvalue weighted by atomic mass is 10.1. The number of H-pyrrole nitrogens is 1. The van der Waals surface area contributed by atoms with Gasteiger partial charge in [-0.15, -0.1) is 4.52 Å². The van der Waals surface area contributed by atoms with Gasteiger partial charge in [0.05, 0.1) is 19.2 Å². The van der Waals surface area contributed by atoms with Crippen molar-refractivity contribution < 1.29 is 18.7 Å². The van der Waals surface area contributed by atoms with Crippen molar-refractivity contribution in [1.29, 1.82) is 0 Å². The number of aromatic amines is 1. The Morgan fingerprint density at radius 3 is 2.88 bits per heavy atom. The molecule has 1 aliphatic rings. The lowest BCUT2D eigenvalue weighted by Crippen LogP contribution is -2.32. The monoisotopic (exact) mass is 442 g/mol. The van der Waals surface area contributed by atoms with Crippen LogP contribution in [0.5, 0.6) is 17.2 Å². The molecule has 0 atom stereocenters. The highest BCUT2D eigenvalue weighted by Crippen LogP contribution is 2.36. The van der Waals surface area contributed by atoms with E-state index < -0.39 is 0 Å². The summed E-state index contributed by atoms with van der Waals surface area (Å²) >= 11 is 0. The standard InChI is InChI=1S/C24H19N5O4/c1-14-25-24-26-17-10-11-28(12-15-6-5-9-19-22(15)33-13-32-19)23(30)20(17)21(29(24)27-14)16-7-3-4-8-18(16)31-2/h3-11H,12-13H2,1-2H3/p+1. The SMILES string of the molecule is COc1ccccc1-c1c2c(=O)n(Cc3cccc4c3OCO4)ccc2nc2nc(C)[nH][n+]12. The summed E-state index contributed by atoms with van der Waals surface area (Å²) in [6, 6.07) is 15.1. The zero-order valence-corrected chi connectivity index (χ0v) is 18.0. The fraction of sp³-hybridized carbons (Fsp3) is 0.167. The van der Waals surface area contributed by atoms with E-state index in [1.807, 2.05) is 55.5 Å². The minimum atomic E-state index is -0.181. The van der Waals surface area contributed by atoms with Crippen molar-refractivity contribution in [2.45, 2.75) is 13.5 Å². The van der Waals surface area contributed by atoms with E-state index in [1.165, 1.54) is 0 Å². The quantitative estimate of drug-likeness (QED) is 0.430. The van der Waals surface area contributed by atoms with E-state index in [0.29, 0.717) is 52.0 Å². The molecule has 1 N–H and O–H groups in total. The van der Waals surface area contributed by atoms with E-state index in [1.54, 1.807) is 22.4 Å². The summed E-state index contributed by atoms with van der Waals surface area (Å²) in [4.78, 5) is 22.9. The number of fused-ring (bicyclic) bond motifs is 3. The van der Waals surface area contributed by atoms with Crippen LogP contribution in [0.25, 0.3) is 27.9 Å². The van der Waals surface area contributed by atoms with Crippen LogP contribution in [0, 0.1) is 6.92 Å². The Labute approximate surface area is 187 Å². The number of hydrogen-bond donors (Lipinski definition) is 1. The van der Waals surface area contributed by atoms with Gasteiger partial charge in [-0.05, 0) is 24.3 Å². The largest absolute Gasteiger partial charge is 0.496 e. The van der Waals surface area contributed by atoms with Crippen LogP contribution in [0.1, 0.15) is 11.4 Å². The van der Waals surface area contributed by atoms with E-state index >= 15 is 0 Å². The van der Waals surface area contributed by atoms with Crippen molar-refractivity contribution in [1.82, 2.24) is 19.6 Å². The Morgan fingerprint density at radius 1 is 1.12 bits per heavy atom. The van der Waals surface area contributed by atoms with Gasteiger partial charge in [0.25, 0.3) is 5.56 Å². The van der Waals surface area contributed by atoms with Gasteiger partial charge in [0.2, 0.25) is 12.6 Å². The molecule has 0 bridgehead atoms. The number of nitrogens with one attached hydrogen (secondary N) is 1. The lowest BCUT2D eigenvalue weighted by Gasteiger charge is -2.11. The van der Waals surface area contributed by atoms with Crippen molar-refractivity contribution in [3.05, 3.63) is 76.5 Å². The molecule has 4 heterocycles. The molecular formula is C24H20N5O4+. The first-order valence-electron chi connectivity index (χ1n) is 10.5. The molecule has 0 saturated heterocycles. The predicted octanol–water partition coefficient (Wildman–Crippen LogP) is 2.62. The van der Waals surface area contributed by atoms with Gasteiger partial charge in [0, 0.05) is 18.7 Å². The maximum Gasteiger partial charge on any atom is 0.458 e. The molecule has 0 aliphatic carbocycles. The molecule has 0 radical (unpaired) electrons. The fourth-order valence-corrected chi connectivity index (χ4v) is 4.29. The minimum Gasteiger partial charge on any atom is -0.496 e. The van der Waals surface area contributed by atoms with Crippen LogP contribution >= 0.6 is 0 Å². The minimum absolute atomic E-state index is 0.175. The second-order valence-electron chi connectivity index (χ2n) is 7.77. The van der Waals surface area contributed by atoms with Crippen LogP contribution in [-0.4, -0.2) is 33.5 Å². The molecule has 164 valence electrons. The molecule has 0 spiro atoms. The molecule has 0 fully saturated rings. The number of aromatic nitrogens is 5. The van der Waals surface area contributed by atoms with E-state index in [-0.39, 0.29) is 12.4 Å². The maximum atomic E-state index is 13.8. The summed E-state index contributed by atoms with van der Waals surface area (Å²) in [5.41, 5.74) is 2.65. The molecule has 1 aliphatic heterocycles. The Kier molecular flexibility index (Phi) is 4.29. The van der Waals surface area contributed by atoms with Crippen LogP contribution in [0.4, 0.5) is 0 Å². The van der Waals surface area contributed by atoms with Crippen molar-refractivity contribution >= 4 is 16.7 Å². The van der Waals surface area contributed by atoms with Crippen LogP contribution in [-0.2, 0) is 6.54 Å². The first-order chi connectivity index (χ1) is 16.1. The molecule has 0 amide bonds. The number of nitrogens with zero attached hydrogens (tertiary/aromatic N) is 4. The molecule has 3 aromatic heterocycles. The molecule has 0 unspecified atom stereocenters. The number of para-hydroxylation sites is 2. The third-order valence-corrected chi connectivity index (χ3v) is 5.75. The summed E-state index contributed by atoms with van der Waals surface area (Å²) in [6.07, 6.45) is 1.74. The highest BCUT2D eigenvalue weighted by Gasteiger charge is 2.26. The number of ether oxygens (including phenoxy) is 3. The number of rotatable bonds is 4. The molecule has 2 aromatic carbocycles. The van der Waals surface area contributed by atoms with Gasteiger partial charge in [-0.2, -0.15) is 0 Å². The van der Waals surface area contributed by atoms with Gasteiger partial charge in [0.15, 0.2) is 22.7 Å². The van der Waals surface area contributed by atoms with Crippen LogP contribution in [0.3, 0.4) is 0 Å². The smallest absolute Gasteiger partial charge is 0.458 e. The average Bonchev–Trinajstić information content (AvgIpc) is 3.45. The topological polar surface area (TPSA) is 95.4 Å². The Morgan fingerprint density at radius 2 is 2.00 bits per heavy atom. The van der Waals surface area contributed by atoms with Crippen molar-refractivity contribution in [3.8, 4) is 28.5 Å². The third-order valence-electron chi connectivity index (χ3n) is 5.75. The van der Waals surface area contributed by atoms with Crippen molar-refractivity contribution in [3.63, 3.8) is 0 Å². The molecule has 0 saturated carbocycles. The number of methoxy groups -OCH3 is 1. The number of hydrogen-bond acceptors (Lipinski definition) is 6. The summed E-state index contributed by atoms with van der Waals surface area (Å²) in [5, 5.41) is 3.67. The first-order valence-corrected chi connectivity index (χ1v) is 10.5. The van der Waals surface area contributed by atoms with Gasteiger partial charge < -0.3 is 18.8 Å². The van der Waals surface area contributed by atoms with E-state index in [4.69, 9.17) is 14.2 Å². The zero-order valence-electron chi connectivity index (χ0n) is 18.0. The molecule has 33 heavy (non-hydrogen) atoms. The molecule has 5 aromatic rings. The maximum absolute atomic E-state index is 13.8. The van der Waals surface area contributed by atoms with Crippen LogP contribution < -0.4 is 24.3 Å². The number of aryl methyl sites for hydroxylation is 1. The third kappa shape index (κ3) is 3.00. The Hall–Kier alpha value is -4.40. The average molecular weight is 442 g/mol. The Bertz CT molecular complexity index is 1600. The zero-order chi connectivity index (χ0) is 22.5. The molecule has 9 heteroatoms. The van der Waals surface area contributed by atoms with Crippen LogP contribution in [0.2, 0.25) is 0 Å².